The predicted octanol–water partition coefficient (Wildman–Crippen LogP) is 4.62. The third-order valence-electron chi connectivity index (χ3n) is 3.26. The van der Waals surface area contributed by atoms with Gasteiger partial charge in [0.05, 0.1) is 22.3 Å². The minimum atomic E-state index is 0.460. The van der Waals surface area contributed by atoms with Crippen LogP contribution in [0.1, 0.15) is 45.6 Å². The van der Waals surface area contributed by atoms with Gasteiger partial charge in [0.15, 0.2) is 0 Å². The highest BCUT2D eigenvalue weighted by molar-refractivity contribution is 6.33. The van der Waals surface area contributed by atoms with Crippen molar-refractivity contribution in [1.29, 1.82) is 5.26 Å². The van der Waals surface area contributed by atoms with E-state index < -0.39 is 0 Å². The lowest BCUT2D eigenvalue weighted by atomic mass is 10.1. The SMILES string of the molecule is CCCCN(c1ccc(C#N)cc1Cl)C(C)CC. The first-order chi connectivity index (χ1) is 8.63. The second kappa shape index (κ2) is 7.28. The molecule has 0 fully saturated rings. The lowest BCUT2D eigenvalue weighted by Gasteiger charge is -2.31. The lowest BCUT2D eigenvalue weighted by molar-refractivity contribution is 0.596. The van der Waals surface area contributed by atoms with Crippen LogP contribution >= 0.6 is 11.6 Å². The van der Waals surface area contributed by atoms with Crippen molar-refractivity contribution in [2.24, 2.45) is 0 Å². The van der Waals surface area contributed by atoms with Crippen LogP contribution in [0.25, 0.3) is 0 Å². The fourth-order valence-electron chi connectivity index (χ4n) is 1.94. The minimum Gasteiger partial charge on any atom is -0.368 e. The Kier molecular flexibility index (Phi) is 6.01. The number of hydrogen-bond donors (Lipinski definition) is 0. The lowest BCUT2D eigenvalue weighted by Crippen LogP contribution is -2.33. The molecule has 1 atom stereocenters. The molecule has 0 aliphatic heterocycles. The molecule has 0 N–H and O–H groups in total. The molecule has 3 heteroatoms. The van der Waals surface area contributed by atoms with Gasteiger partial charge in [0.2, 0.25) is 0 Å². The Bertz CT molecular complexity index is 423. The van der Waals surface area contributed by atoms with E-state index in [-0.39, 0.29) is 0 Å². The normalized spacial score (nSPS) is 11.9. The van der Waals surface area contributed by atoms with Gasteiger partial charge in [-0.05, 0) is 38.0 Å². The molecule has 0 spiro atoms. The van der Waals surface area contributed by atoms with Crippen molar-refractivity contribution in [2.75, 3.05) is 11.4 Å². The molecule has 0 aliphatic rings. The number of halogens is 1. The van der Waals surface area contributed by atoms with Crippen molar-refractivity contribution in [3.05, 3.63) is 28.8 Å². The van der Waals surface area contributed by atoms with Crippen LogP contribution in [0.2, 0.25) is 5.02 Å². The molecular weight excluding hydrogens is 244 g/mol. The molecule has 0 saturated heterocycles. The number of rotatable bonds is 6. The van der Waals surface area contributed by atoms with Crippen LogP contribution in [0.5, 0.6) is 0 Å². The second-order valence-corrected chi connectivity index (χ2v) is 4.99. The molecule has 0 amide bonds. The Balaban J connectivity index is 3.01. The monoisotopic (exact) mass is 264 g/mol. The van der Waals surface area contributed by atoms with Gasteiger partial charge in [-0.15, -0.1) is 0 Å². The number of anilines is 1. The maximum absolute atomic E-state index is 8.87. The Morgan fingerprint density at radius 2 is 2.11 bits per heavy atom. The number of unbranched alkanes of at least 4 members (excludes halogenated alkanes) is 1. The third-order valence-corrected chi connectivity index (χ3v) is 3.56. The van der Waals surface area contributed by atoms with E-state index in [2.05, 4.69) is 31.7 Å². The summed E-state index contributed by atoms with van der Waals surface area (Å²) in [5, 5.41) is 9.54. The van der Waals surface area contributed by atoms with Gasteiger partial charge in [0.1, 0.15) is 0 Å². The standard InChI is InChI=1S/C15H21ClN2/c1-4-6-9-18(12(3)5-2)15-8-7-13(11-17)10-14(15)16/h7-8,10,12H,4-6,9H2,1-3H3. The quantitative estimate of drug-likeness (QED) is 0.750. The number of benzene rings is 1. The first-order valence-electron chi connectivity index (χ1n) is 6.60. The summed E-state index contributed by atoms with van der Waals surface area (Å²) in [6.07, 6.45) is 3.40. The molecule has 0 aliphatic carbocycles. The van der Waals surface area contributed by atoms with Crippen molar-refractivity contribution in [2.45, 2.75) is 46.1 Å². The molecule has 0 saturated carbocycles. The van der Waals surface area contributed by atoms with Gasteiger partial charge in [-0.2, -0.15) is 5.26 Å². The zero-order valence-electron chi connectivity index (χ0n) is 11.4. The molecule has 1 aromatic rings. The van der Waals surface area contributed by atoms with Gasteiger partial charge < -0.3 is 4.90 Å². The van der Waals surface area contributed by atoms with Crippen LogP contribution in [-0.4, -0.2) is 12.6 Å². The number of nitrogens with zero attached hydrogens (tertiary/aromatic N) is 2. The molecule has 1 aromatic carbocycles. The van der Waals surface area contributed by atoms with Crippen LogP contribution < -0.4 is 4.90 Å². The largest absolute Gasteiger partial charge is 0.368 e. The Hall–Kier alpha value is -1.20. The topological polar surface area (TPSA) is 27.0 Å². The van der Waals surface area contributed by atoms with Crippen molar-refractivity contribution in [1.82, 2.24) is 0 Å². The van der Waals surface area contributed by atoms with Crippen LogP contribution in [0.3, 0.4) is 0 Å². The van der Waals surface area contributed by atoms with Crippen molar-refractivity contribution in [3.8, 4) is 6.07 Å². The Morgan fingerprint density at radius 3 is 2.61 bits per heavy atom. The molecule has 98 valence electrons. The first kappa shape index (κ1) is 14.9. The summed E-state index contributed by atoms with van der Waals surface area (Å²) < 4.78 is 0. The molecule has 1 unspecified atom stereocenters. The number of nitriles is 1. The average molecular weight is 265 g/mol. The van der Waals surface area contributed by atoms with Gasteiger partial charge in [-0.3, -0.25) is 0 Å². The predicted molar refractivity (Wildman–Crippen MR) is 78.2 cm³/mol. The van der Waals surface area contributed by atoms with Gasteiger partial charge >= 0.3 is 0 Å². The van der Waals surface area contributed by atoms with Crippen LogP contribution in [-0.2, 0) is 0 Å². The summed E-state index contributed by atoms with van der Waals surface area (Å²) in [7, 11) is 0. The Morgan fingerprint density at radius 1 is 1.39 bits per heavy atom. The molecule has 1 rings (SSSR count). The maximum Gasteiger partial charge on any atom is 0.0992 e. The molecule has 2 nitrogen and oxygen atoms in total. The van der Waals surface area contributed by atoms with E-state index in [0.29, 0.717) is 16.6 Å². The Labute approximate surface area is 115 Å². The smallest absolute Gasteiger partial charge is 0.0992 e. The van der Waals surface area contributed by atoms with E-state index in [1.165, 1.54) is 6.42 Å². The molecule has 0 radical (unpaired) electrons. The van der Waals surface area contributed by atoms with E-state index >= 15 is 0 Å². The van der Waals surface area contributed by atoms with E-state index in [1.807, 2.05) is 12.1 Å². The van der Waals surface area contributed by atoms with E-state index in [0.717, 1.165) is 25.1 Å². The zero-order valence-corrected chi connectivity index (χ0v) is 12.2. The highest BCUT2D eigenvalue weighted by Crippen LogP contribution is 2.29. The molecule has 0 heterocycles. The van der Waals surface area contributed by atoms with Gasteiger partial charge in [0, 0.05) is 12.6 Å². The summed E-state index contributed by atoms with van der Waals surface area (Å²) in [5.74, 6) is 0. The molecule has 0 bridgehead atoms. The third kappa shape index (κ3) is 3.65. The van der Waals surface area contributed by atoms with Crippen molar-refractivity contribution >= 4 is 17.3 Å². The van der Waals surface area contributed by atoms with Crippen LogP contribution in [0.15, 0.2) is 18.2 Å². The highest BCUT2D eigenvalue weighted by atomic mass is 35.5. The summed E-state index contributed by atoms with van der Waals surface area (Å²) in [6, 6.07) is 8.12. The van der Waals surface area contributed by atoms with Gasteiger partial charge in [-0.1, -0.05) is 31.9 Å². The molecule has 0 aromatic heterocycles. The fraction of sp³-hybridized carbons (Fsp3) is 0.533. The minimum absolute atomic E-state index is 0.460. The average Bonchev–Trinajstić information content (AvgIpc) is 2.39. The van der Waals surface area contributed by atoms with Crippen LogP contribution in [0, 0.1) is 11.3 Å². The number of hydrogen-bond acceptors (Lipinski definition) is 2. The summed E-state index contributed by atoms with van der Waals surface area (Å²) in [5.41, 5.74) is 1.65. The summed E-state index contributed by atoms with van der Waals surface area (Å²) in [4.78, 5) is 2.34. The van der Waals surface area contributed by atoms with E-state index in [9.17, 15) is 0 Å². The summed E-state index contributed by atoms with van der Waals surface area (Å²) in [6.45, 7) is 7.59. The second-order valence-electron chi connectivity index (χ2n) is 4.58. The summed E-state index contributed by atoms with van der Waals surface area (Å²) >= 11 is 6.29. The zero-order chi connectivity index (χ0) is 13.5. The highest BCUT2D eigenvalue weighted by Gasteiger charge is 2.15. The van der Waals surface area contributed by atoms with Gasteiger partial charge in [-0.25, -0.2) is 0 Å². The maximum atomic E-state index is 8.87. The van der Waals surface area contributed by atoms with Crippen molar-refractivity contribution < 1.29 is 0 Å². The molecular formula is C15H21ClN2. The van der Waals surface area contributed by atoms with Crippen LogP contribution in [0.4, 0.5) is 5.69 Å². The van der Waals surface area contributed by atoms with Crippen molar-refractivity contribution in [3.63, 3.8) is 0 Å². The van der Waals surface area contributed by atoms with Gasteiger partial charge in [0.25, 0.3) is 0 Å². The first-order valence-corrected chi connectivity index (χ1v) is 6.98. The molecule has 18 heavy (non-hydrogen) atoms. The van der Waals surface area contributed by atoms with E-state index in [4.69, 9.17) is 16.9 Å². The fourth-order valence-corrected chi connectivity index (χ4v) is 2.23. The van der Waals surface area contributed by atoms with E-state index in [1.54, 1.807) is 6.07 Å².